The van der Waals surface area contributed by atoms with Gasteiger partial charge in [0.25, 0.3) is 0 Å². The van der Waals surface area contributed by atoms with Gasteiger partial charge in [-0.25, -0.2) is 0 Å². The Morgan fingerprint density at radius 1 is 0.857 bits per heavy atom. The number of ether oxygens (including phenoxy) is 2. The second-order valence-corrected chi connectivity index (χ2v) is 2.26. The van der Waals surface area contributed by atoms with E-state index in [0.29, 0.717) is 0 Å². The van der Waals surface area contributed by atoms with Gasteiger partial charge in [0.05, 0.1) is 7.11 Å². The first kappa shape index (κ1) is 15.1. The monoisotopic (exact) mass is 198 g/mol. The minimum Gasteiger partial charge on any atom is -0.469 e. The molecule has 0 saturated carbocycles. The Morgan fingerprint density at radius 3 is 1.07 bits per heavy atom. The van der Waals surface area contributed by atoms with E-state index in [1.807, 2.05) is 36.4 Å². The molecule has 0 saturated heterocycles. The van der Waals surface area contributed by atoms with Crippen LogP contribution in [0, 0.1) is 0 Å². The molecule has 1 aromatic rings. The van der Waals surface area contributed by atoms with Crippen LogP contribution in [0.5, 0.6) is 0 Å². The summed E-state index contributed by atoms with van der Waals surface area (Å²) >= 11 is 0. The Balaban J connectivity index is 0. The van der Waals surface area contributed by atoms with Gasteiger partial charge >= 0.3 is 5.97 Å². The van der Waals surface area contributed by atoms with Crippen LogP contribution in [0.3, 0.4) is 0 Å². The molecule has 0 fully saturated rings. The molecular weight excluding hydrogens is 180 g/mol. The number of esters is 1. The molecule has 80 valence electrons. The highest BCUT2D eigenvalue weighted by molar-refractivity contribution is 5.65. The third kappa shape index (κ3) is 22.4. The van der Waals surface area contributed by atoms with Gasteiger partial charge < -0.3 is 9.47 Å². The summed E-state index contributed by atoms with van der Waals surface area (Å²) in [5.74, 6) is -0.245. The van der Waals surface area contributed by atoms with Gasteiger partial charge in [0.2, 0.25) is 0 Å². The highest BCUT2D eigenvalue weighted by Gasteiger charge is 1.75. The molecule has 1 aromatic carbocycles. The van der Waals surface area contributed by atoms with E-state index in [4.69, 9.17) is 0 Å². The first-order chi connectivity index (χ1) is 6.68. The van der Waals surface area contributed by atoms with Crippen molar-refractivity contribution in [1.29, 1.82) is 0 Å². The molecule has 0 amide bonds. The number of hydrogen-bond acceptors (Lipinski definition) is 3. The van der Waals surface area contributed by atoms with Gasteiger partial charge in [-0.1, -0.05) is 36.4 Å². The maximum atomic E-state index is 9.59. The smallest absolute Gasteiger partial charge is 0.302 e. The Morgan fingerprint density at radius 2 is 1.00 bits per heavy atom. The second kappa shape index (κ2) is 14.2. The van der Waals surface area contributed by atoms with Crippen LogP contribution in [0.4, 0.5) is 0 Å². The number of benzene rings is 1. The average molecular weight is 198 g/mol. The van der Waals surface area contributed by atoms with E-state index in [0.717, 1.165) is 0 Å². The first-order valence-electron chi connectivity index (χ1n) is 4.13. The van der Waals surface area contributed by atoms with Crippen molar-refractivity contribution in [2.24, 2.45) is 0 Å². The highest BCUT2D eigenvalue weighted by atomic mass is 16.5. The highest BCUT2D eigenvalue weighted by Crippen LogP contribution is 1.79. The van der Waals surface area contributed by atoms with Crippen LogP contribution in [0.25, 0.3) is 0 Å². The zero-order chi connectivity index (χ0) is 11.2. The quantitative estimate of drug-likeness (QED) is 0.599. The van der Waals surface area contributed by atoms with Crippen LogP contribution < -0.4 is 0 Å². The third-order valence-corrected chi connectivity index (χ3v) is 0.954. The third-order valence-electron chi connectivity index (χ3n) is 0.954. The Bertz CT molecular complexity index is 170. The molecule has 0 aliphatic heterocycles. The van der Waals surface area contributed by atoms with Crippen molar-refractivity contribution in [3.63, 3.8) is 0 Å². The van der Waals surface area contributed by atoms with E-state index < -0.39 is 0 Å². The molecule has 3 heteroatoms. The van der Waals surface area contributed by atoms with Gasteiger partial charge in [0.15, 0.2) is 0 Å². The predicted molar refractivity (Wildman–Crippen MR) is 57.1 cm³/mol. The van der Waals surface area contributed by atoms with E-state index in [9.17, 15) is 4.79 Å². The molecule has 0 aromatic heterocycles. The first-order valence-corrected chi connectivity index (χ1v) is 4.13. The number of carbonyl (C=O) groups is 1. The average Bonchev–Trinajstić information content (AvgIpc) is 2.22. The van der Waals surface area contributed by atoms with Crippen LogP contribution in [0.2, 0.25) is 0 Å². The molecule has 0 aliphatic rings. The van der Waals surface area contributed by atoms with E-state index >= 15 is 0 Å². The van der Waals surface area contributed by atoms with Crippen molar-refractivity contribution >= 4 is 5.97 Å². The van der Waals surface area contributed by atoms with Crippen LogP contribution in [0.1, 0.15) is 6.92 Å². The maximum Gasteiger partial charge on any atom is 0.302 e. The van der Waals surface area contributed by atoms with E-state index in [-0.39, 0.29) is 5.97 Å². The summed E-state index contributed by atoms with van der Waals surface area (Å²) in [4.78, 5) is 9.59. The van der Waals surface area contributed by atoms with Gasteiger partial charge in [-0.15, -0.1) is 0 Å². The van der Waals surface area contributed by atoms with Crippen LogP contribution in [-0.2, 0) is 14.3 Å². The largest absolute Gasteiger partial charge is 0.469 e. The fourth-order valence-corrected chi connectivity index (χ4v) is 0.385. The van der Waals surface area contributed by atoms with Crippen molar-refractivity contribution in [2.45, 2.75) is 6.92 Å². The molecule has 0 spiro atoms. The summed E-state index contributed by atoms with van der Waals surface area (Å²) in [5.41, 5.74) is 0. The minimum atomic E-state index is -0.245. The second-order valence-electron chi connectivity index (χ2n) is 2.26. The molecule has 0 N–H and O–H groups in total. The summed E-state index contributed by atoms with van der Waals surface area (Å²) < 4.78 is 8.36. The van der Waals surface area contributed by atoms with Crippen LogP contribution in [-0.4, -0.2) is 27.3 Å². The molecule has 1 rings (SSSR count). The molecule has 14 heavy (non-hydrogen) atoms. The minimum absolute atomic E-state index is 0.245. The van der Waals surface area contributed by atoms with E-state index in [2.05, 4.69) is 9.47 Å². The van der Waals surface area contributed by atoms with Crippen molar-refractivity contribution in [3.05, 3.63) is 36.4 Å². The summed E-state index contributed by atoms with van der Waals surface area (Å²) in [6.45, 7) is 1.36. The summed E-state index contributed by atoms with van der Waals surface area (Å²) in [7, 11) is 4.60. The lowest BCUT2D eigenvalue weighted by Crippen LogP contribution is -1.88. The molecule has 3 nitrogen and oxygen atoms in total. The molecule has 0 atom stereocenters. The standard InChI is InChI=1S/C6H6.C3H6O2.C2H6O/c1-2-4-6-5-3-1;1-3(4)5-2;1-3-2/h1-6H;1-2H3;1-2H3. The maximum absolute atomic E-state index is 9.59. The molecular formula is C11H18O3. The number of methoxy groups -OCH3 is 2. The van der Waals surface area contributed by atoms with Gasteiger partial charge in [-0.3, -0.25) is 4.79 Å². The van der Waals surface area contributed by atoms with Gasteiger partial charge in [0.1, 0.15) is 0 Å². The van der Waals surface area contributed by atoms with Gasteiger partial charge in [0, 0.05) is 21.1 Å². The van der Waals surface area contributed by atoms with Crippen molar-refractivity contribution in [2.75, 3.05) is 21.3 Å². The van der Waals surface area contributed by atoms with E-state index in [1.165, 1.54) is 14.0 Å². The number of hydrogen-bond donors (Lipinski definition) is 0. The van der Waals surface area contributed by atoms with Crippen molar-refractivity contribution in [1.82, 2.24) is 0 Å². The SMILES string of the molecule is COC.COC(C)=O.c1ccccc1. The van der Waals surface area contributed by atoms with Crippen LogP contribution in [0.15, 0.2) is 36.4 Å². The Hall–Kier alpha value is -1.35. The molecule has 0 radical (unpaired) electrons. The number of carbonyl (C=O) groups excluding carboxylic acids is 1. The lowest BCUT2D eigenvalue weighted by molar-refractivity contribution is -0.137. The fraction of sp³-hybridized carbons (Fsp3) is 0.364. The predicted octanol–water partition coefficient (Wildman–Crippen LogP) is 2.13. The van der Waals surface area contributed by atoms with Gasteiger partial charge in [-0.2, -0.15) is 0 Å². The zero-order valence-electron chi connectivity index (χ0n) is 9.19. The number of rotatable bonds is 0. The van der Waals surface area contributed by atoms with Gasteiger partial charge in [-0.05, 0) is 0 Å². The van der Waals surface area contributed by atoms with Crippen LogP contribution >= 0.6 is 0 Å². The molecule has 0 unspecified atom stereocenters. The Labute approximate surface area is 85.7 Å². The summed E-state index contributed by atoms with van der Waals surface area (Å²) in [6.07, 6.45) is 0. The fourth-order valence-electron chi connectivity index (χ4n) is 0.385. The lowest BCUT2D eigenvalue weighted by Gasteiger charge is -1.80. The zero-order valence-corrected chi connectivity index (χ0v) is 9.19. The molecule has 0 heterocycles. The normalized spacial score (nSPS) is 7.14. The topological polar surface area (TPSA) is 35.5 Å². The molecule has 0 aliphatic carbocycles. The summed E-state index contributed by atoms with van der Waals surface area (Å²) in [6, 6.07) is 12.0. The Kier molecular flexibility index (Phi) is 15.3. The van der Waals surface area contributed by atoms with Crippen molar-refractivity contribution < 1.29 is 14.3 Å². The van der Waals surface area contributed by atoms with Crippen molar-refractivity contribution in [3.8, 4) is 0 Å². The lowest BCUT2D eigenvalue weighted by atomic mass is 10.4. The molecule has 0 bridgehead atoms. The van der Waals surface area contributed by atoms with E-state index in [1.54, 1.807) is 14.2 Å². The summed E-state index contributed by atoms with van der Waals surface area (Å²) in [5, 5.41) is 0.